The van der Waals surface area contributed by atoms with Crippen molar-refractivity contribution in [2.45, 2.75) is 29.0 Å². The molecule has 0 unspecified atom stereocenters. The van der Waals surface area contributed by atoms with Crippen molar-refractivity contribution in [3.05, 3.63) is 96.2 Å². The third kappa shape index (κ3) is 5.69. The van der Waals surface area contributed by atoms with Crippen LogP contribution in [0.25, 0.3) is 0 Å². The number of benzene rings is 2. The third-order valence-corrected chi connectivity index (χ3v) is 5.76. The van der Waals surface area contributed by atoms with Crippen LogP contribution in [0.5, 0.6) is 0 Å². The lowest BCUT2D eigenvalue weighted by molar-refractivity contribution is -0.141. The summed E-state index contributed by atoms with van der Waals surface area (Å²) in [4.78, 5) is 16.6. The second kappa shape index (κ2) is 9.93. The van der Waals surface area contributed by atoms with Crippen LogP contribution in [0.3, 0.4) is 0 Å². The summed E-state index contributed by atoms with van der Waals surface area (Å²) in [5, 5.41) is 1.12. The van der Waals surface area contributed by atoms with Crippen molar-refractivity contribution in [2.75, 3.05) is 7.11 Å². The summed E-state index contributed by atoms with van der Waals surface area (Å²) < 4.78 is 4.99. The summed E-state index contributed by atoms with van der Waals surface area (Å²) >= 11 is 1.72. The number of thioether (sulfide) groups is 1. The SMILES string of the molecule is COC(=O)C[C@H](c1ccccc1)[C@H](Cc1ccccc1)Sc1ccccn1. The summed E-state index contributed by atoms with van der Waals surface area (Å²) in [5.41, 5.74) is 2.39. The average Bonchev–Trinajstić information content (AvgIpc) is 2.73. The van der Waals surface area contributed by atoms with E-state index < -0.39 is 0 Å². The molecule has 0 N–H and O–H groups in total. The van der Waals surface area contributed by atoms with E-state index >= 15 is 0 Å². The molecule has 0 fully saturated rings. The van der Waals surface area contributed by atoms with Crippen molar-refractivity contribution in [3.8, 4) is 0 Å². The Morgan fingerprint density at radius 3 is 2.26 bits per heavy atom. The van der Waals surface area contributed by atoms with Crippen molar-refractivity contribution in [3.63, 3.8) is 0 Å². The van der Waals surface area contributed by atoms with Gasteiger partial charge in [-0.1, -0.05) is 66.7 Å². The highest BCUT2D eigenvalue weighted by molar-refractivity contribution is 7.99. The van der Waals surface area contributed by atoms with Gasteiger partial charge in [0, 0.05) is 17.4 Å². The van der Waals surface area contributed by atoms with Gasteiger partial charge in [0.15, 0.2) is 0 Å². The molecule has 1 heterocycles. The van der Waals surface area contributed by atoms with Gasteiger partial charge in [0.2, 0.25) is 0 Å². The maximum Gasteiger partial charge on any atom is 0.306 e. The van der Waals surface area contributed by atoms with Gasteiger partial charge in [-0.25, -0.2) is 4.98 Å². The number of carbonyl (C=O) groups is 1. The fraction of sp³-hybridized carbons (Fsp3) is 0.217. The number of nitrogens with zero attached hydrogens (tertiary/aromatic N) is 1. The highest BCUT2D eigenvalue weighted by Crippen LogP contribution is 2.37. The van der Waals surface area contributed by atoms with E-state index in [1.54, 1.807) is 18.0 Å². The molecule has 0 aliphatic heterocycles. The van der Waals surface area contributed by atoms with Gasteiger partial charge < -0.3 is 4.74 Å². The first-order valence-corrected chi connectivity index (χ1v) is 9.87. The number of carbonyl (C=O) groups excluding carboxylic acids is 1. The van der Waals surface area contributed by atoms with Crippen molar-refractivity contribution in [1.82, 2.24) is 4.98 Å². The number of ether oxygens (including phenoxy) is 1. The Balaban J connectivity index is 1.94. The van der Waals surface area contributed by atoms with Crippen LogP contribution in [0.1, 0.15) is 23.5 Å². The molecule has 0 saturated carbocycles. The molecule has 3 aromatic rings. The van der Waals surface area contributed by atoms with Gasteiger partial charge in [-0.3, -0.25) is 4.79 Å². The zero-order valence-electron chi connectivity index (χ0n) is 15.3. The zero-order valence-corrected chi connectivity index (χ0v) is 16.1. The number of esters is 1. The summed E-state index contributed by atoms with van der Waals surface area (Å²) in [6, 6.07) is 26.5. The van der Waals surface area contributed by atoms with Crippen LogP contribution in [-0.2, 0) is 16.0 Å². The molecule has 0 amide bonds. The third-order valence-electron chi connectivity index (χ3n) is 4.48. The van der Waals surface area contributed by atoms with Crippen molar-refractivity contribution in [1.29, 1.82) is 0 Å². The van der Waals surface area contributed by atoms with Crippen LogP contribution in [-0.4, -0.2) is 23.3 Å². The Morgan fingerprint density at radius 1 is 0.963 bits per heavy atom. The molecular formula is C23H23NO2S. The summed E-state index contributed by atoms with van der Waals surface area (Å²) in [5.74, 6) is -0.158. The molecule has 0 radical (unpaired) electrons. The predicted octanol–water partition coefficient (Wildman–Crippen LogP) is 5.13. The molecule has 0 aliphatic rings. The lowest BCUT2D eigenvalue weighted by Crippen LogP contribution is -2.22. The summed E-state index contributed by atoms with van der Waals surface area (Å²) in [6.07, 6.45) is 3.00. The number of hydrogen-bond acceptors (Lipinski definition) is 4. The molecule has 2 aromatic carbocycles. The minimum absolute atomic E-state index is 0.0332. The number of pyridine rings is 1. The number of aromatic nitrogens is 1. The Labute approximate surface area is 164 Å². The summed E-state index contributed by atoms with van der Waals surface area (Å²) in [6.45, 7) is 0. The number of rotatable bonds is 8. The van der Waals surface area contributed by atoms with Gasteiger partial charge in [-0.05, 0) is 29.7 Å². The van der Waals surface area contributed by atoms with E-state index in [9.17, 15) is 4.79 Å². The molecule has 4 heteroatoms. The highest BCUT2D eigenvalue weighted by Gasteiger charge is 2.28. The van der Waals surface area contributed by atoms with Gasteiger partial charge in [0.05, 0.1) is 18.6 Å². The van der Waals surface area contributed by atoms with Crippen molar-refractivity contribution >= 4 is 17.7 Å². The van der Waals surface area contributed by atoms with Crippen LogP contribution >= 0.6 is 11.8 Å². The molecule has 3 nitrogen and oxygen atoms in total. The van der Waals surface area contributed by atoms with Gasteiger partial charge in [0.1, 0.15) is 0 Å². The van der Waals surface area contributed by atoms with E-state index in [1.165, 1.54) is 12.7 Å². The Morgan fingerprint density at radius 2 is 1.63 bits per heavy atom. The minimum atomic E-state index is -0.191. The van der Waals surface area contributed by atoms with E-state index in [4.69, 9.17) is 4.74 Å². The Kier molecular flexibility index (Phi) is 7.05. The molecule has 0 saturated heterocycles. The maximum absolute atomic E-state index is 12.2. The second-order valence-corrected chi connectivity index (χ2v) is 7.57. The van der Waals surface area contributed by atoms with Crippen LogP contribution in [0.2, 0.25) is 0 Å². The Bertz CT molecular complexity index is 783. The van der Waals surface area contributed by atoms with Crippen LogP contribution in [0.4, 0.5) is 0 Å². The molecule has 27 heavy (non-hydrogen) atoms. The fourth-order valence-corrected chi connectivity index (χ4v) is 4.39. The minimum Gasteiger partial charge on any atom is -0.469 e. The van der Waals surface area contributed by atoms with E-state index in [-0.39, 0.29) is 17.1 Å². The first-order valence-electron chi connectivity index (χ1n) is 8.99. The van der Waals surface area contributed by atoms with Crippen LogP contribution in [0.15, 0.2) is 90.1 Å². The average molecular weight is 378 g/mol. The molecule has 0 bridgehead atoms. The number of hydrogen-bond donors (Lipinski definition) is 0. The largest absolute Gasteiger partial charge is 0.469 e. The molecular weight excluding hydrogens is 354 g/mol. The van der Waals surface area contributed by atoms with Gasteiger partial charge in [0.25, 0.3) is 0 Å². The van der Waals surface area contributed by atoms with E-state index in [1.807, 2.05) is 42.5 Å². The monoisotopic (exact) mass is 377 g/mol. The van der Waals surface area contributed by atoms with Gasteiger partial charge in [-0.15, -0.1) is 11.8 Å². The van der Waals surface area contributed by atoms with Crippen molar-refractivity contribution in [2.24, 2.45) is 0 Å². The smallest absolute Gasteiger partial charge is 0.306 e. The molecule has 0 spiro atoms. The van der Waals surface area contributed by atoms with E-state index in [2.05, 4.69) is 41.4 Å². The highest BCUT2D eigenvalue weighted by atomic mass is 32.2. The lowest BCUT2D eigenvalue weighted by Gasteiger charge is -2.26. The number of methoxy groups -OCH3 is 1. The standard InChI is InChI=1S/C23H23NO2S/c1-26-23(25)17-20(19-12-6-3-7-13-19)21(16-18-10-4-2-5-11-18)27-22-14-8-9-15-24-22/h2-15,20-21H,16-17H2,1H3/t20-,21+/m1/s1. The summed E-state index contributed by atoms with van der Waals surface area (Å²) in [7, 11) is 1.45. The van der Waals surface area contributed by atoms with Crippen LogP contribution < -0.4 is 0 Å². The fourth-order valence-electron chi connectivity index (χ4n) is 3.11. The topological polar surface area (TPSA) is 39.2 Å². The predicted molar refractivity (Wildman–Crippen MR) is 110 cm³/mol. The molecule has 1 aromatic heterocycles. The van der Waals surface area contributed by atoms with E-state index in [0.717, 1.165) is 17.0 Å². The van der Waals surface area contributed by atoms with E-state index in [0.29, 0.717) is 6.42 Å². The molecule has 3 rings (SSSR count). The maximum atomic E-state index is 12.2. The van der Waals surface area contributed by atoms with Gasteiger partial charge >= 0.3 is 5.97 Å². The normalized spacial score (nSPS) is 12.9. The first kappa shape index (κ1) is 19.2. The molecule has 2 atom stereocenters. The van der Waals surface area contributed by atoms with Gasteiger partial charge in [-0.2, -0.15) is 0 Å². The zero-order chi connectivity index (χ0) is 18.9. The molecule has 138 valence electrons. The second-order valence-electron chi connectivity index (χ2n) is 6.31. The molecule has 0 aliphatic carbocycles. The van der Waals surface area contributed by atoms with Crippen molar-refractivity contribution < 1.29 is 9.53 Å². The van der Waals surface area contributed by atoms with Crippen LogP contribution in [0, 0.1) is 0 Å². The Hall–Kier alpha value is -2.59. The first-order chi connectivity index (χ1) is 13.3. The lowest BCUT2D eigenvalue weighted by atomic mass is 9.89. The quantitative estimate of drug-likeness (QED) is 0.403.